The largest absolute Gasteiger partial charge is 0.508 e. The number of aliphatic hydroxyl groups is 1. The van der Waals surface area contributed by atoms with E-state index in [4.69, 9.17) is 16.3 Å². The van der Waals surface area contributed by atoms with E-state index < -0.39 is 17.7 Å². The third-order valence-corrected chi connectivity index (χ3v) is 6.21. The molecule has 1 heterocycles. The van der Waals surface area contributed by atoms with Crippen molar-refractivity contribution in [2.75, 3.05) is 12.0 Å². The number of Topliss-reactive ketones (excluding diaryl/α,β-unsaturated/α-hetero) is 1. The highest BCUT2D eigenvalue weighted by Crippen LogP contribution is 2.43. The fourth-order valence-electron chi connectivity index (χ4n) is 4.09. The van der Waals surface area contributed by atoms with Crippen LogP contribution >= 0.6 is 11.6 Å². The molecule has 7 heteroatoms. The molecular weight excluding hydrogens is 454 g/mol. The maximum atomic E-state index is 13.2. The minimum atomic E-state index is -0.946. The summed E-state index contributed by atoms with van der Waals surface area (Å²) in [7, 11) is 1.44. The minimum absolute atomic E-state index is 0.0218. The zero-order valence-electron chi connectivity index (χ0n) is 18.9. The molecular formula is C27H24ClNO5. The fourth-order valence-corrected chi connectivity index (χ4v) is 4.29. The second kappa shape index (κ2) is 9.23. The van der Waals surface area contributed by atoms with Crippen LogP contribution in [0.1, 0.15) is 42.5 Å². The van der Waals surface area contributed by atoms with E-state index in [1.807, 2.05) is 12.1 Å². The molecule has 1 saturated heterocycles. The van der Waals surface area contributed by atoms with Gasteiger partial charge in [-0.05, 0) is 59.5 Å². The van der Waals surface area contributed by atoms with Crippen LogP contribution < -0.4 is 9.64 Å². The SMILES string of the molecule is COc1cc(/C(O)=C2/C(=O)C(=O)N(c3ccc(C(C)C)cc3)C2c2cccc(O)c2)ccc1Cl. The molecule has 4 rings (SSSR count). The van der Waals surface area contributed by atoms with Crippen LogP contribution in [0.2, 0.25) is 5.02 Å². The number of hydrogen-bond donors (Lipinski definition) is 2. The normalized spacial score (nSPS) is 17.4. The Bertz CT molecular complexity index is 1300. The van der Waals surface area contributed by atoms with E-state index in [0.717, 1.165) is 5.56 Å². The van der Waals surface area contributed by atoms with Crippen LogP contribution in [0.3, 0.4) is 0 Å². The van der Waals surface area contributed by atoms with Gasteiger partial charge in [-0.25, -0.2) is 0 Å². The summed E-state index contributed by atoms with van der Waals surface area (Å²) in [6.07, 6.45) is 0. The highest BCUT2D eigenvalue weighted by Gasteiger charge is 2.47. The molecule has 1 fully saturated rings. The first-order valence-corrected chi connectivity index (χ1v) is 11.1. The van der Waals surface area contributed by atoms with E-state index in [1.165, 1.54) is 30.2 Å². The summed E-state index contributed by atoms with van der Waals surface area (Å²) in [5, 5.41) is 21.7. The van der Waals surface area contributed by atoms with Gasteiger partial charge in [-0.3, -0.25) is 14.5 Å². The van der Waals surface area contributed by atoms with Gasteiger partial charge in [0.1, 0.15) is 17.3 Å². The average Bonchev–Trinajstić information content (AvgIpc) is 3.09. The van der Waals surface area contributed by atoms with E-state index in [-0.39, 0.29) is 22.6 Å². The number of ether oxygens (including phenoxy) is 1. The summed E-state index contributed by atoms with van der Waals surface area (Å²) in [4.78, 5) is 27.8. The van der Waals surface area contributed by atoms with Gasteiger partial charge in [0.15, 0.2) is 0 Å². The number of rotatable bonds is 5. The molecule has 3 aromatic carbocycles. The Balaban J connectivity index is 1.92. The zero-order chi connectivity index (χ0) is 24.6. The fraction of sp³-hybridized carbons (Fsp3) is 0.185. The molecule has 3 aromatic rings. The molecule has 1 aliphatic rings. The number of halogens is 1. The molecule has 2 N–H and O–H groups in total. The van der Waals surface area contributed by atoms with Crippen molar-refractivity contribution in [3.8, 4) is 11.5 Å². The number of aromatic hydroxyl groups is 1. The topological polar surface area (TPSA) is 87.1 Å². The quantitative estimate of drug-likeness (QED) is 0.275. The van der Waals surface area contributed by atoms with E-state index >= 15 is 0 Å². The van der Waals surface area contributed by atoms with Crippen molar-refractivity contribution in [2.24, 2.45) is 0 Å². The molecule has 174 valence electrons. The van der Waals surface area contributed by atoms with Crippen LogP contribution in [0.15, 0.2) is 72.3 Å². The third-order valence-electron chi connectivity index (χ3n) is 5.89. The first-order chi connectivity index (χ1) is 16.2. The number of anilines is 1. The summed E-state index contributed by atoms with van der Waals surface area (Å²) in [5.74, 6) is -1.36. The van der Waals surface area contributed by atoms with Crippen LogP contribution in [0.4, 0.5) is 5.69 Å². The molecule has 0 aromatic heterocycles. The molecule has 1 amide bonds. The Kier molecular flexibility index (Phi) is 6.35. The summed E-state index contributed by atoms with van der Waals surface area (Å²) in [6, 6.07) is 17.3. The Morgan fingerprint density at radius 1 is 1.03 bits per heavy atom. The summed E-state index contributed by atoms with van der Waals surface area (Å²) < 4.78 is 5.23. The van der Waals surface area contributed by atoms with Gasteiger partial charge in [0, 0.05) is 11.3 Å². The number of amides is 1. The molecule has 6 nitrogen and oxygen atoms in total. The van der Waals surface area contributed by atoms with Gasteiger partial charge in [0.25, 0.3) is 11.7 Å². The summed E-state index contributed by atoms with van der Waals surface area (Å²) in [5.41, 5.74) is 2.26. The molecule has 0 spiro atoms. The second-order valence-corrected chi connectivity index (χ2v) is 8.77. The molecule has 0 saturated carbocycles. The Hall–Kier alpha value is -3.77. The van der Waals surface area contributed by atoms with E-state index in [1.54, 1.807) is 36.4 Å². The molecule has 1 atom stereocenters. The third kappa shape index (κ3) is 4.13. The van der Waals surface area contributed by atoms with Gasteiger partial charge in [-0.1, -0.05) is 49.7 Å². The number of carbonyl (C=O) groups is 2. The summed E-state index contributed by atoms with van der Waals surface area (Å²) in [6.45, 7) is 4.13. The predicted octanol–water partition coefficient (Wildman–Crippen LogP) is 5.80. The monoisotopic (exact) mass is 477 g/mol. The van der Waals surface area contributed by atoms with Crippen molar-refractivity contribution in [2.45, 2.75) is 25.8 Å². The van der Waals surface area contributed by atoms with Crippen LogP contribution in [-0.2, 0) is 9.59 Å². The number of hydrogen-bond acceptors (Lipinski definition) is 5. The zero-order valence-corrected chi connectivity index (χ0v) is 19.7. The molecule has 0 aliphatic carbocycles. The van der Waals surface area contributed by atoms with Gasteiger partial charge < -0.3 is 14.9 Å². The number of ketones is 1. The molecule has 0 bridgehead atoms. The van der Waals surface area contributed by atoms with Crippen molar-refractivity contribution < 1.29 is 24.5 Å². The number of phenolic OH excluding ortho intramolecular Hbond substituents is 1. The van der Waals surface area contributed by atoms with Gasteiger partial charge in [0.2, 0.25) is 0 Å². The molecule has 0 radical (unpaired) electrons. The number of benzene rings is 3. The Morgan fingerprint density at radius 3 is 2.35 bits per heavy atom. The number of methoxy groups -OCH3 is 1. The van der Waals surface area contributed by atoms with Gasteiger partial charge in [-0.2, -0.15) is 0 Å². The minimum Gasteiger partial charge on any atom is -0.508 e. The van der Waals surface area contributed by atoms with Crippen molar-refractivity contribution in [1.82, 2.24) is 0 Å². The number of carbonyl (C=O) groups excluding carboxylic acids is 2. The van der Waals surface area contributed by atoms with Crippen LogP contribution in [0, 0.1) is 0 Å². The standard InChI is InChI=1S/C27H24ClNO5/c1-15(2)16-7-10-19(11-8-16)29-24(17-5-4-6-20(30)13-17)23(26(32)27(29)33)25(31)18-9-12-21(28)22(14-18)34-3/h4-15,24,30-31H,1-3H3/b25-23-. The van der Waals surface area contributed by atoms with Gasteiger partial charge in [0.05, 0.1) is 23.7 Å². The van der Waals surface area contributed by atoms with Crippen molar-refractivity contribution >= 4 is 34.7 Å². The maximum absolute atomic E-state index is 13.2. The smallest absolute Gasteiger partial charge is 0.300 e. The number of nitrogens with zero attached hydrogens (tertiary/aromatic N) is 1. The van der Waals surface area contributed by atoms with Gasteiger partial charge in [-0.15, -0.1) is 0 Å². The molecule has 1 unspecified atom stereocenters. The molecule has 34 heavy (non-hydrogen) atoms. The maximum Gasteiger partial charge on any atom is 0.300 e. The Labute approximate surface area is 202 Å². The first-order valence-electron chi connectivity index (χ1n) is 10.8. The Morgan fingerprint density at radius 2 is 1.74 bits per heavy atom. The van der Waals surface area contributed by atoms with E-state index in [2.05, 4.69) is 13.8 Å². The number of aliphatic hydroxyl groups excluding tert-OH is 1. The van der Waals surface area contributed by atoms with Crippen molar-refractivity contribution in [3.05, 3.63) is 94.0 Å². The first kappa shape index (κ1) is 23.4. The highest BCUT2D eigenvalue weighted by molar-refractivity contribution is 6.51. The van der Waals surface area contributed by atoms with Crippen molar-refractivity contribution in [1.29, 1.82) is 0 Å². The van der Waals surface area contributed by atoms with Gasteiger partial charge >= 0.3 is 0 Å². The number of phenols is 1. The summed E-state index contributed by atoms with van der Waals surface area (Å²) >= 11 is 6.11. The predicted molar refractivity (Wildman–Crippen MR) is 131 cm³/mol. The van der Waals surface area contributed by atoms with Crippen LogP contribution in [0.25, 0.3) is 5.76 Å². The second-order valence-electron chi connectivity index (χ2n) is 8.36. The lowest BCUT2D eigenvalue weighted by Crippen LogP contribution is -2.29. The lowest BCUT2D eigenvalue weighted by molar-refractivity contribution is -0.132. The van der Waals surface area contributed by atoms with Crippen LogP contribution in [0.5, 0.6) is 11.5 Å². The highest BCUT2D eigenvalue weighted by atomic mass is 35.5. The average molecular weight is 478 g/mol. The van der Waals surface area contributed by atoms with E-state index in [9.17, 15) is 19.8 Å². The van der Waals surface area contributed by atoms with Crippen molar-refractivity contribution in [3.63, 3.8) is 0 Å². The lowest BCUT2D eigenvalue weighted by Gasteiger charge is -2.26. The molecule has 1 aliphatic heterocycles. The lowest BCUT2D eigenvalue weighted by atomic mass is 9.94. The van der Waals surface area contributed by atoms with Crippen LogP contribution in [-0.4, -0.2) is 29.0 Å². The van der Waals surface area contributed by atoms with E-state index in [0.29, 0.717) is 27.9 Å².